The van der Waals surface area contributed by atoms with Crippen LogP contribution >= 0.6 is 0 Å². The lowest BCUT2D eigenvalue weighted by Gasteiger charge is -2.30. The fourth-order valence-corrected chi connectivity index (χ4v) is 5.68. The highest BCUT2D eigenvalue weighted by atomic mass is 16.4. The van der Waals surface area contributed by atoms with Gasteiger partial charge in [-0.1, -0.05) is 0 Å². The molecule has 0 aromatic rings. The summed E-state index contributed by atoms with van der Waals surface area (Å²) >= 11 is 0. The molecule has 3 unspecified atom stereocenters. The summed E-state index contributed by atoms with van der Waals surface area (Å²) in [5.74, 6) is -18.5. The van der Waals surface area contributed by atoms with Crippen LogP contribution in [-0.2, 0) is 57.5 Å². The maximum absolute atomic E-state index is 13.6. The van der Waals surface area contributed by atoms with Crippen molar-refractivity contribution in [2.45, 2.75) is 37.4 Å². The van der Waals surface area contributed by atoms with Gasteiger partial charge in [-0.25, -0.2) is 0 Å². The van der Waals surface area contributed by atoms with E-state index in [9.17, 15) is 103 Å². The maximum Gasteiger partial charge on any atom is 0.321 e. The smallest absolute Gasteiger partial charge is 0.321 e. The zero-order valence-corrected chi connectivity index (χ0v) is 29.9. The van der Waals surface area contributed by atoms with Gasteiger partial charge in [-0.2, -0.15) is 0 Å². The molecule has 0 spiro atoms. The Morgan fingerprint density at radius 1 is 0.333 bits per heavy atom. The number of hydrogen-bond donors (Lipinski definition) is 9. The van der Waals surface area contributed by atoms with Crippen molar-refractivity contribution >= 4 is 71.4 Å². The number of aliphatic carboxylic acids is 9. The summed E-state index contributed by atoms with van der Waals surface area (Å²) in [6, 6.07) is -6.11. The van der Waals surface area contributed by atoms with Crippen LogP contribution in [0.15, 0.2) is 0 Å². The molecule has 27 heteroatoms. The van der Waals surface area contributed by atoms with E-state index in [0.29, 0.717) is 14.7 Å². The molecule has 1 rings (SSSR count). The average molecular weight is 823 g/mol. The summed E-state index contributed by atoms with van der Waals surface area (Å²) in [7, 11) is 0. The van der Waals surface area contributed by atoms with E-state index in [1.807, 2.05) is 0 Å². The fraction of sp³-hybridized carbons (Fsp3) is 0.600. The monoisotopic (exact) mass is 822 g/mol. The van der Waals surface area contributed by atoms with Gasteiger partial charge in [-0.05, 0) is 0 Å². The van der Waals surface area contributed by atoms with Gasteiger partial charge in [0.05, 0.1) is 58.5 Å². The number of carbonyl (C=O) groups excluding carboxylic acids is 3. The summed E-state index contributed by atoms with van der Waals surface area (Å²) in [5, 5.41) is 84.7. The number of rotatable bonds is 24. The van der Waals surface area contributed by atoms with E-state index < -0.39 is 187 Å². The van der Waals surface area contributed by atoms with Gasteiger partial charge in [0.25, 0.3) is 0 Å². The normalized spacial score (nSPS) is 15.1. The number of carbonyl (C=O) groups is 12. The van der Waals surface area contributed by atoms with Gasteiger partial charge in [0.2, 0.25) is 17.7 Å². The zero-order valence-electron chi connectivity index (χ0n) is 29.9. The largest absolute Gasteiger partial charge is 0.480 e. The van der Waals surface area contributed by atoms with Crippen LogP contribution in [0.3, 0.4) is 0 Å². The molecule has 27 nitrogen and oxygen atoms in total. The predicted octanol–water partition coefficient (Wildman–Crippen LogP) is -5.57. The summed E-state index contributed by atoms with van der Waals surface area (Å²) in [6.07, 6.45) is -3.17. The van der Waals surface area contributed by atoms with Crippen LogP contribution in [0.5, 0.6) is 0 Å². The Morgan fingerprint density at radius 2 is 0.491 bits per heavy atom. The summed E-state index contributed by atoms with van der Waals surface area (Å²) in [4.78, 5) is 149. The number of carboxylic acids is 9. The molecular weight excluding hydrogens is 780 g/mol. The molecule has 0 aromatic carbocycles. The van der Waals surface area contributed by atoms with Crippen molar-refractivity contribution < 1.29 is 103 Å². The highest BCUT2D eigenvalue weighted by Gasteiger charge is 2.37. The van der Waals surface area contributed by atoms with Gasteiger partial charge < -0.3 is 60.7 Å². The molecule has 57 heavy (non-hydrogen) atoms. The Morgan fingerprint density at radius 3 is 0.614 bits per heavy atom. The van der Waals surface area contributed by atoms with Crippen LogP contribution < -0.4 is 0 Å². The molecule has 1 aliphatic heterocycles. The lowest BCUT2D eigenvalue weighted by molar-refractivity contribution is -0.154. The Balaban J connectivity index is 3.63. The number of carboxylic acid groups (broad SMARTS) is 9. The standard InChI is InChI=1S/C30H42N6O21/c37-19(7-16(28(52)53)34(10-22(40)41)11-23(42)43)31-1-2-32(20(38)8-17(29(54)55)35(12-24(44)45)13-25(46)47)5-6-33(4-3-31)21(39)9-18(30(56)57)36(14-26(48)49)15-27(50)51/h16-18H,1-15H2,(H,40,41)(H,42,43)(H,44,45)(H,46,47)(H,48,49)(H,50,51)(H,52,53)(H,54,55)(H,56,57). The summed E-state index contributed by atoms with van der Waals surface area (Å²) < 4.78 is 0. The maximum atomic E-state index is 13.6. The average Bonchev–Trinajstić information content (AvgIpc) is 3.16. The topological polar surface area (TPSA) is 406 Å². The molecule has 0 radical (unpaired) electrons. The molecule has 3 amide bonds. The fourth-order valence-electron chi connectivity index (χ4n) is 5.68. The first-order valence-corrected chi connectivity index (χ1v) is 16.5. The highest BCUT2D eigenvalue weighted by molar-refractivity contribution is 5.88. The Kier molecular flexibility index (Phi) is 19.4. The van der Waals surface area contributed by atoms with E-state index in [4.69, 9.17) is 0 Å². The Hall–Kier alpha value is -6.48. The first-order chi connectivity index (χ1) is 26.4. The van der Waals surface area contributed by atoms with E-state index in [-0.39, 0.29) is 0 Å². The second-order valence-corrected chi connectivity index (χ2v) is 12.4. The first-order valence-electron chi connectivity index (χ1n) is 16.5. The van der Waals surface area contributed by atoms with Crippen molar-refractivity contribution in [3.05, 3.63) is 0 Å². The molecule has 1 saturated heterocycles. The van der Waals surface area contributed by atoms with E-state index in [0.717, 1.165) is 14.7 Å². The molecule has 0 aromatic heterocycles. The number of amides is 3. The summed E-state index contributed by atoms with van der Waals surface area (Å²) in [6.45, 7) is -9.73. The minimum Gasteiger partial charge on any atom is -0.480 e. The molecule has 9 N–H and O–H groups in total. The van der Waals surface area contributed by atoms with Gasteiger partial charge in [0, 0.05) is 39.3 Å². The van der Waals surface area contributed by atoms with Crippen LogP contribution in [0.1, 0.15) is 19.3 Å². The van der Waals surface area contributed by atoms with E-state index in [1.165, 1.54) is 0 Å². The van der Waals surface area contributed by atoms with E-state index in [2.05, 4.69) is 0 Å². The SMILES string of the molecule is O=C(O)CN(CC(=O)O)C(CC(=O)N1CCN(C(=O)CC(C(=O)O)N(CC(=O)O)CC(=O)O)CCN(C(=O)CC(C(=O)O)N(CC(=O)O)CC(=O)O)CC1)C(=O)O. The minimum absolute atomic E-state index is 0.463. The van der Waals surface area contributed by atoms with Crippen LogP contribution in [0.25, 0.3) is 0 Å². The zero-order chi connectivity index (χ0) is 43.7. The van der Waals surface area contributed by atoms with Gasteiger partial charge in [-0.3, -0.25) is 72.2 Å². The molecule has 318 valence electrons. The van der Waals surface area contributed by atoms with Crippen molar-refractivity contribution in [2.24, 2.45) is 0 Å². The Labute approximate surface area is 320 Å². The quantitative estimate of drug-likeness (QED) is 0.0438. The van der Waals surface area contributed by atoms with E-state index >= 15 is 0 Å². The van der Waals surface area contributed by atoms with Gasteiger partial charge in [0.15, 0.2) is 0 Å². The third-order valence-corrected chi connectivity index (χ3v) is 8.29. The van der Waals surface area contributed by atoms with Gasteiger partial charge >= 0.3 is 53.7 Å². The summed E-state index contributed by atoms with van der Waals surface area (Å²) in [5.41, 5.74) is 0. The molecule has 1 fully saturated rings. The van der Waals surface area contributed by atoms with Crippen LogP contribution in [0.2, 0.25) is 0 Å². The van der Waals surface area contributed by atoms with Crippen LogP contribution in [0, 0.1) is 0 Å². The minimum atomic E-state index is -2.04. The second kappa shape index (κ2) is 22.8. The third-order valence-electron chi connectivity index (χ3n) is 8.29. The molecule has 0 bridgehead atoms. The van der Waals surface area contributed by atoms with Crippen molar-refractivity contribution in [3.8, 4) is 0 Å². The second-order valence-electron chi connectivity index (χ2n) is 12.4. The number of hydrogen-bond acceptors (Lipinski definition) is 15. The van der Waals surface area contributed by atoms with Gasteiger partial charge in [0.1, 0.15) is 18.1 Å². The van der Waals surface area contributed by atoms with Crippen molar-refractivity contribution in [3.63, 3.8) is 0 Å². The Bertz CT molecular complexity index is 1350. The van der Waals surface area contributed by atoms with E-state index in [1.54, 1.807) is 0 Å². The van der Waals surface area contributed by atoms with Crippen LogP contribution in [0.4, 0.5) is 0 Å². The molecule has 1 aliphatic rings. The molecule has 3 atom stereocenters. The molecule has 0 saturated carbocycles. The van der Waals surface area contributed by atoms with Gasteiger partial charge in [-0.15, -0.1) is 0 Å². The predicted molar refractivity (Wildman–Crippen MR) is 178 cm³/mol. The van der Waals surface area contributed by atoms with Crippen molar-refractivity contribution in [1.29, 1.82) is 0 Å². The lowest BCUT2D eigenvalue weighted by atomic mass is 10.1. The van der Waals surface area contributed by atoms with Crippen molar-refractivity contribution in [1.82, 2.24) is 29.4 Å². The molecular formula is C30H42N6O21. The third kappa shape index (κ3) is 17.2. The van der Waals surface area contributed by atoms with Crippen molar-refractivity contribution in [2.75, 3.05) is 78.5 Å². The highest BCUT2D eigenvalue weighted by Crippen LogP contribution is 2.15. The molecule has 0 aliphatic carbocycles. The number of nitrogens with zero attached hydrogens (tertiary/aromatic N) is 6. The molecule has 1 heterocycles. The lowest BCUT2D eigenvalue weighted by Crippen LogP contribution is -2.51. The first kappa shape index (κ1) is 48.5. The van der Waals surface area contributed by atoms with Crippen LogP contribution in [-0.4, -0.2) is 243 Å².